The number of carbonyl (C=O) groups excluding carboxylic acids is 2. The molecule has 4 aromatic rings. The Balaban J connectivity index is 1.40. The summed E-state index contributed by atoms with van der Waals surface area (Å²) >= 11 is 0. The van der Waals surface area contributed by atoms with Gasteiger partial charge in [-0.1, -0.05) is 24.1 Å². The number of imidazole rings is 1. The average Bonchev–Trinajstić information content (AvgIpc) is 3.54. The molecule has 0 radical (unpaired) electrons. The quantitative estimate of drug-likeness (QED) is 0.321. The maximum atomic E-state index is 13.0. The predicted molar refractivity (Wildman–Crippen MR) is 143 cm³/mol. The number of nitrogens with one attached hydrogen (secondary N) is 2. The fraction of sp³-hybridized carbons (Fsp3) is 0.179. The smallest absolute Gasteiger partial charge is 0.382 e. The Morgan fingerprint density at radius 1 is 1.12 bits per heavy atom. The molecular weight excluding hydrogens is 523 g/mol. The zero-order valence-corrected chi connectivity index (χ0v) is 21.1. The Kier molecular flexibility index (Phi) is 6.96. The molecule has 9 nitrogen and oxygen atoms in total. The van der Waals surface area contributed by atoms with E-state index in [2.05, 4.69) is 32.4 Å². The summed E-state index contributed by atoms with van der Waals surface area (Å²) in [6, 6.07) is 7.89. The summed E-state index contributed by atoms with van der Waals surface area (Å²) in [5.41, 5.74) is 8.21. The molecule has 3 heterocycles. The number of rotatable bonds is 5. The molecule has 1 atom stereocenters. The van der Waals surface area contributed by atoms with Gasteiger partial charge < -0.3 is 16.4 Å². The van der Waals surface area contributed by atoms with Crippen molar-refractivity contribution in [3.8, 4) is 23.1 Å². The van der Waals surface area contributed by atoms with E-state index in [4.69, 9.17) is 10.7 Å². The van der Waals surface area contributed by atoms with Gasteiger partial charge in [-0.25, -0.2) is 15.0 Å². The Bertz CT molecular complexity index is 1710. The standard InChI is InChI=1S/C28H22F3N7O2/c1-2-3-22(39)35-20-9-8-18(14-20)26-37-23(24-25(32)34-12-13-38(24)26)16-4-6-17(7-5-16)27(40)36-21-15-19(10-11-33-21)28(29,30)31/h4-8,10-13,15,20H,9,14H2,1H3,(H2,32,34)(H,35,39)(H,33,36,40). The zero-order chi connectivity index (χ0) is 28.4. The number of carbonyl (C=O) groups is 2. The van der Waals surface area contributed by atoms with Crippen molar-refractivity contribution in [1.29, 1.82) is 0 Å². The maximum Gasteiger partial charge on any atom is 0.416 e. The van der Waals surface area contributed by atoms with Gasteiger partial charge in [0.05, 0.1) is 5.56 Å². The Hall–Kier alpha value is -5.18. The van der Waals surface area contributed by atoms with Gasteiger partial charge in [-0.05, 0) is 55.5 Å². The molecule has 1 aromatic carbocycles. The maximum absolute atomic E-state index is 13.0. The fourth-order valence-electron chi connectivity index (χ4n) is 4.48. The fourth-order valence-corrected chi connectivity index (χ4v) is 4.48. The molecule has 0 fully saturated rings. The van der Waals surface area contributed by atoms with Crippen LogP contribution in [-0.4, -0.2) is 37.2 Å². The van der Waals surface area contributed by atoms with Crippen molar-refractivity contribution in [1.82, 2.24) is 24.7 Å². The summed E-state index contributed by atoms with van der Waals surface area (Å²) < 4.78 is 40.8. The van der Waals surface area contributed by atoms with E-state index < -0.39 is 17.6 Å². The number of amides is 2. The number of hydrogen-bond donors (Lipinski definition) is 3. The third kappa shape index (κ3) is 5.35. The van der Waals surface area contributed by atoms with Crippen molar-refractivity contribution in [3.63, 3.8) is 0 Å². The van der Waals surface area contributed by atoms with Crippen LogP contribution in [0.15, 0.2) is 61.1 Å². The number of nitrogen functional groups attached to an aromatic ring is 1. The first-order valence-electron chi connectivity index (χ1n) is 12.1. The van der Waals surface area contributed by atoms with E-state index in [1.807, 2.05) is 10.5 Å². The second kappa shape index (κ2) is 10.5. The highest BCUT2D eigenvalue weighted by Crippen LogP contribution is 2.34. The van der Waals surface area contributed by atoms with Crippen LogP contribution in [0.1, 0.15) is 41.5 Å². The molecule has 1 unspecified atom stereocenters. The highest BCUT2D eigenvalue weighted by atomic mass is 19.4. The lowest BCUT2D eigenvalue weighted by molar-refractivity contribution is -0.137. The number of aromatic nitrogens is 4. The summed E-state index contributed by atoms with van der Waals surface area (Å²) in [5.74, 6) is 4.80. The van der Waals surface area contributed by atoms with E-state index >= 15 is 0 Å². The van der Waals surface area contributed by atoms with Crippen LogP contribution in [-0.2, 0) is 11.0 Å². The van der Waals surface area contributed by atoms with Gasteiger partial charge in [-0.15, -0.1) is 0 Å². The SMILES string of the molecule is CC#CC(=O)NC1CC=C(c2nc(-c3ccc(C(=O)Nc4cc(C(F)(F)F)ccn4)cc3)c3c(N)nccn23)C1. The van der Waals surface area contributed by atoms with Crippen LogP contribution in [0.2, 0.25) is 0 Å². The molecule has 1 aliphatic carbocycles. The van der Waals surface area contributed by atoms with Gasteiger partial charge in [0.2, 0.25) is 0 Å². The largest absolute Gasteiger partial charge is 0.416 e. The molecule has 1 aliphatic rings. The first kappa shape index (κ1) is 26.4. The number of nitrogens with zero attached hydrogens (tertiary/aromatic N) is 4. The van der Waals surface area contributed by atoms with Gasteiger partial charge in [0.1, 0.15) is 28.7 Å². The highest BCUT2D eigenvalue weighted by molar-refractivity contribution is 6.04. The molecular formula is C28H22F3N7O2. The van der Waals surface area contributed by atoms with E-state index in [-0.39, 0.29) is 29.1 Å². The lowest BCUT2D eigenvalue weighted by Crippen LogP contribution is -2.31. The second-order valence-electron chi connectivity index (χ2n) is 8.99. The zero-order valence-electron chi connectivity index (χ0n) is 21.1. The molecule has 202 valence electrons. The van der Waals surface area contributed by atoms with Gasteiger partial charge in [-0.2, -0.15) is 13.2 Å². The van der Waals surface area contributed by atoms with Crippen LogP contribution in [0.3, 0.4) is 0 Å². The van der Waals surface area contributed by atoms with Crippen molar-refractivity contribution in [2.75, 3.05) is 11.1 Å². The number of halogens is 3. The molecule has 0 aliphatic heterocycles. The predicted octanol–water partition coefficient (Wildman–Crippen LogP) is 4.33. The molecule has 0 bridgehead atoms. The number of benzene rings is 1. The summed E-state index contributed by atoms with van der Waals surface area (Å²) in [7, 11) is 0. The third-order valence-corrected chi connectivity index (χ3v) is 6.31. The van der Waals surface area contributed by atoms with E-state index in [0.29, 0.717) is 35.4 Å². The first-order chi connectivity index (χ1) is 19.1. The monoisotopic (exact) mass is 545 g/mol. The molecule has 0 spiro atoms. The summed E-state index contributed by atoms with van der Waals surface area (Å²) in [6.45, 7) is 1.60. The molecule has 4 N–H and O–H groups in total. The topological polar surface area (TPSA) is 127 Å². The normalized spacial score (nSPS) is 14.8. The van der Waals surface area contributed by atoms with E-state index in [9.17, 15) is 22.8 Å². The summed E-state index contributed by atoms with van der Waals surface area (Å²) in [6.07, 6.45) is 2.93. The lowest BCUT2D eigenvalue weighted by Gasteiger charge is -2.10. The molecule has 5 rings (SSSR count). The Morgan fingerprint density at radius 2 is 1.90 bits per heavy atom. The third-order valence-electron chi connectivity index (χ3n) is 6.31. The van der Waals surface area contributed by atoms with Crippen molar-refractivity contribution >= 4 is 34.5 Å². The molecule has 2 amide bonds. The Morgan fingerprint density at radius 3 is 2.62 bits per heavy atom. The van der Waals surface area contributed by atoms with Gasteiger partial charge in [0.15, 0.2) is 0 Å². The summed E-state index contributed by atoms with van der Waals surface area (Å²) in [4.78, 5) is 37.4. The van der Waals surface area contributed by atoms with Crippen LogP contribution in [0.4, 0.5) is 24.8 Å². The lowest BCUT2D eigenvalue weighted by atomic mass is 10.1. The molecule has 3 aromatic heterocycles. The number of anilines is 2. The second-order valence-corrected chi connectivity index (χ2v) is 8.99. The minimum atomic E-state index is -4.56. The van der Waals surface area contributed by atoms with E-state index in [0.717, 1.165) is 23.9 Å². The van der Waals surface area contributed by atoms with Crippen LogP contribution in [0, 0.1) is 11.8 Å². The molecule has 0 saturated carbocycles. The van der Waals surface area contributed by atoms with Crippen LogP contribution in [0.25, 0.3) is 22.3 Å². The molecule has 40 heavy (non-hydrogen) atoms. The Labute approximate surface area is 226 Å². The van der Waals surface area contributed by atoms with Gasteiger partial charge >= 0.3 is 6.18 Å². The van der Waals surface area contributed by atoms with Gasteiger partial charge in [0.25, 0.3) is 11.8 Å². The van der Waals surface area contributed by atoms with Crippen LogP contribution >= 0.6 is 0 Å². The minimum absolute atomic E-state index is 0.109. The minimum Gasteiger partial charge on any atom is -0.382 e. The number of pyridine rings is 1. The van der Waals surface area contributed by atoms with Crippen molar-refractivity contribution < 1.29 is 22.8 Å². The average molecular weight is 546 g/mol. The van der Waals surface area contributed by atoms with E-state index in [1.54, 1.807) is 31.5 Å². The molecule has 12 heteroatoms. The molecule has 0 saturated heterocycles. The summed E-state index contributed by atoms with van der Waals surface area (Å²) in [5, 5.41) is 5.28. The van der Waals surface area contributed by atoms with Crippen molar-refractivity contribution in [2.24, 2.45) is 0 Å². The number of nitrogens with two attached hydrogens (primary N) is 1. The van der Waals surface area contributed by atoms with Crippen molar-refractivity contribution in [3.05, 3.63) is 78.0 Å². The van der Waals surface area contributed by atoms with Crippen LogP contribution < -0.4 is 16.4 Å². The van der Waals surface area contributed by atoms with E-state index in [1.165, 1.54) is 12.1 Å². The van der Waals surface area contributed by atoms with Crippen LogP contribution in [0.5, 0.6) is 0 Å². The first-order valence-corrected chi connectivity index (χ1v) is 12.1. The van der Waals surface area contributed by atoms with Gasteiger partial charge in [0, 0.05) is 35.8 Å². The number of fused-ring (bicyclic) bond motifs is 1. The van der Waals surface area contributed by atoms with Crippen molar-refractivity contribution in [2.45, 2.75) is 32.0 Å². The number of hydrogen-bond acceptors (Lipinski definition) is 6. The number of alkyl halides is 3. The highest BCUT2D eigenvalue weighted by Gasteiger charge is 2.31. The van der Waals surface area contributed by atoms with Gasteiger partial charge in [-0.3, -0.25) is 14.0 Å².